The van der Waals surface area contributed by atoms with Gasteiger partial charge in [0.05, 0.1) is 5.69 Å². The summed E-state index contributed by atoms with van der Waals surface area (Å²) >= 11 is 0. The lowest BCUT2D eigenvalue weighted by Crippen LogP contribution is -2.52. The highest BCUT2D eigenvalue weighted by Gasteiger charge is 2.39. The molecule has 1 saturated heterocycles. The van der Waals surface area contributed by atoms with Crippen molar-refractivity contribution in [3.05, 3.63) is 83.6 Å². The number of hydrogen-bond donors (Lipinski definition) is 2. The summed E-state index contributed by atoms with van der Waals surface area (Å²) in [7, 11) is 0. The predicted octanol–water partition coefficient (Wildman–Crippen LogP) is 3.08. The topological polar surface area (TPSA) is 108 Å². The molecule has 1 fully saturated rings. The average Bonchev–Trinajstić information content (AvgIpc) is 3.19. The first-order chi connectivity index (χ1) is 17.0. The quantitative estimate of drug-likeness (QED) is 0.541. The fourth-order valence-electron chi connectivity index (χ4n) is 4.50. The molecule has 176 valence electrons. The molecule has 3 aromatic rings. The molecule has 2 N–H and O–H groups in total. The number of benzene rings is 2. The molecule has 0 radical (unpaired) electrons. The second-order valence-electron chi connectivity index (χ2n) is 8.73. The minimum atomic E-state index is -0.633. The number of anilines is 1. The van der Waals surface area contributed by atoms with Crippen LogP contribution in [0, 0.1) is 0 Å². The Labute approximate surface area is 202 Å². The molecule has 1 aromatic heterocycles. The van der Waals surface area contributed by atoms with Gasteiger partial charge >= 0.3 is 0 Å². The molecule has 8 heteroatoms. The Bertz CT molecular complexity index is 1300. The molecule has 0 bridgehead atoms. The number of pyridine rings is 1. The molecule has 0 spiro atoms. The Morgan fingerprint density at radius 2 is 1.89 bits per heavy atom. The zero-order valence-corrected chi connectivity index (χ0v) is 19.0. The Hall–Kier alpha value is -4.33. The monoisotopic (exact) mass is 468 g/mol. The Morgan fingerprint density at radius 3 is 2.63 bits per heavy atom. The van der Waals surface area contributed by atoms with Crippen LogP contribution in [0.25, 0.3) is 11.3 Å². The van der Waals surface area contributed by atoms with Gasteiger partial charge in [-0.15, -0.1) is 0 Å². The van der Waals surface area contributed by atoms with Gasteiger partial charge in [-0.3, -0.25) is 29.5 Å². The minimum absolute atomic E-state index is 0.118. The summed E-state index contributed by atoms with van der Waals surface area (Å²) in [5, 5.41) is 5.21. The van der Waals surface area contributed by atoms with Crippen molar-refractivity contribution >= 4 is 29.3 Å². The second kappa shape index (κ2) is 9.50. The van der Waals surface area contributed by atoms with Gasteiger partial charge in [-0.25, -0.2) is 0 Å². The minimum Gasteiger partial charge on any atom is -0.326 e. The van der Waals surface area contributed by atoms with E-state index in [2.05, 4.69) is 15.6 Å². The van der Waals surface area contributed by atoms with Crippen LogP contribution in [0.1, 0.15) is 40.7 Å². The molecule has 1 atom stereocenters. The van der Waals surface area contributed by atoms with Crippen molar-refractivity contribution in [3.8, 4) is 11.3 Å². The normalized spacial score (nSPS) is 17.2. The van der Waals surface area contributed by atoms with E-state index in [0.717, 1.165) is 22.4 Å². The first-order valence-corrected chi connectivity index (χ1v) is 11.6. The van der Waals surface area contributed by atoms with Crippen LogP contribution in [0.5, 0.6) is 0 Å². The number of rotatable bonds is 6. The zero-order valence-electron chi connectivity index (χ0n) is 19.0. The van der Waals surface area contributed by atoms with Crippen LogP contribution in [-0.4, -0.2) is 39.6 Å². The maximum absolute atomic E-state index is 13.0. The van der Waals surface area contributed by atoms with Crippen LogP contribution >= 0.6 is 0 Å². The van der Waals surface area contributed by atoms with E-state index in [4.69, 9.17) is 0 Å². The number of carbonyl (C=O) groups excluding carboxylic acids is 4. The summed E-state index contributed by atoms with van der Waals surface area (Å²) in [6.45, 7) is 0.343. The third-order valence-corrected chi connectivity index (χ3v) is 6.36. The Morgan fingerprint density at radius 1 is 1.06 bits per heavy atom. The smallest absolute Gasteiger partial charge is 0.255 e. The number of nitrogens with one attached hydrogen (secondary N) is 2. The first kappa shape index (κ1) is 22.5. The number of amides is 4. The van der Waals surface area contributed by atoms with Crippen molar-refractivity contribution in [3.63, 3.8) is 0 Å². The van der Waals surface area contributed by atoms with Crippen LogP contribution < -0.4 is 10.6 Å². The number of hydrogen-bond acceptors (Lipinski definition) is 5. The SMILES string of the molecule is O=C1CCC(N2Cc3ccc(CCC(=O)Nc4ccc(-c5ccccn5)cc4)cc3C2=O)C(=O)N1. The van der Waals surface area contributed by atoms with Crippen LogP contribution in [-0.2, 0) is 27.3 Å². The third-order valence-electron chi connectivity index (χ3n) is 6.36. The van der Waals surface area contributed by atoms with Crippen molar-refractivity contribution in [1.29, 1.82) is 0 Å². The van der Waals surface area contributed by atoms with E-state index >= 15 is 0 Å². The molecule has 1 unspecified atom stereocenters. The van der Waals surface area contributed by atoms with Crippen molar-refractivity contribution in [2.24, 2.45) is 0 Å². The lowest BCUT2D eigenvalue weighted by atomic mass is 10.0. The molecule has 5 rings (SSSR count). The molecular weight excluding hydrogens is 444 g/mol. The fraction of sp³-hybridized carbons (Fsp3) is 0.222. The molecule has 8 nitrogen and oxygen atoms in total. The number of imide groups is 1. The number of piperidine rings is 1. The third kappa shape index (κ3) is 4.82. The van der Waals surface area contributed by atoms with E-state index in [1.54, 1.807) is 12.3 Å². The summed E-state index contributed by atoms with van der Waals surface area (Å²) in [5.74, 6) is -1.06. The van der Waals surface area contributed by atoms with Crippen LogP contribution in [0.3, 0.4) is 0 Å². The number of aromatic nitrogens is 1. The highest BCUT2D eigenvalue weighted by atomic mass is 16.2. The summed E-state index contributed by atoms with van der Waals surface area (Å²) < 4.78 is 0. The lowest BCUT2D eigenvalue weighted by Gasteiger charge is -2.29. The van der Waals surface area contributed by atoms with Gasteiger partial charge in [-0.1, -0.05) is 30.3 Å². The molecule has 4 amide bonds. The molecule has 3 heterocycles. The Kier molecular flexibility index (Phi) is 6.10. The standard InChI is InChI=1S/C27H24N4O4/c32-24(29-20-9-7-18(8-10-20)22-3-1-2-14-28-22)12-5-17-4-6-19-16-31(27(35)21(19)15-17)23-11-13-25(33)30-26(23)34/h1-4,6-10,14-15,23H,5,11-13,16H2,(H,29,32)(H,30,33,34). The number of aryl methyl sites for hydroxylation is 1. The van der Waals surface area contributed by atoms with Gasteiger partial charge in [0.25, 0.3) is 5.91 Å². The fourth-order valence-corrected chi connectivity index (χ4v) is 4.50. The van der Waals surface area contributed by atoms with Gasteiger partial charge < -0.3 is 10.2 Å². The maximum atomic E-state index is 13.0. The largest absolute Gasteiger partial charge is 0.326 e. The molecule has 0 aliphatic carbocycles. The van der Waals surface area contributed by atoms with Crippen molar-refractivity contribution in [2.75, 3.05) is 5.32 Å². The number of fused-ring (bicyclic) bond motifs is 1. The van der Waals surface area contributed by atoms with E-state index in [1.807, 2.05) is 54.6 Å². The van der Waals surface area contributed by atoms with Crippen LogP contribution in [0.2, 0.25) is 0 Å². The van der Waals surface area contributed by atoms with Gasteiger partial charge in [0, 0.05) is 42.4 Å². The molecular formula is C27H24N4O4. The van der Waals surface area contributed by atoms with E-state index in [9.17, 15) is 19.2 Å². The molecule has 0 saturated carbocycles. The van der Waals surface area contributed by atoms with E-state index in [-0.39, 0.29) is 30.6 Å². The van der Waals surface area contributed by atoms with E-state index in [1.165, 1.54) is 4.90 Å². The number of nitrogens with zero attached hydrogens (tertiary/aromatic N) is 2. The van der Waals surface area contributed by atoms with E-state index < -0.39 is 11.9 Å². The van der Waals surface area contributed by atoms with Crippen molar-refractivity contribution in [2.45, 2.75) is 38.3 Å². The highest BCUT2D eigenvalue weighted by Crippen LogP contribution is 2.28. The van der Waals surface area contributed by atoms with Crippen molar-refractivity contribution in [1.82, 2.24) is 15.2 Å². The second-order valence-corrected chi connectivity index (χ2v) is 8.73. The van der Waals surface area contributed by atoms with E-state index in [0.29, 0.717) is 30.6 Å². The molecule has 2 aliphatic rings. The molecule has 2 aliphatic heterocycles. The zero-order chi connectivity index (χ0) is 24.4. The summed E-state index contributed by atoms with van der Waals surface area (Å²) in [6, 6.07) is 18.2. The van der Waals surface area contributed by atoms with Gasteiger partial charge in [0.15, 0.2) is 0 Å². The van der Waals surface area contributed by atoms with Gasteiger partial charge in [0.1, 0.15) is 6.04 Å². The van der Waals surface area contributed by atoms with Gasteiger partial charge in [0.2, 0.25) is 17.7 Å². The lowest BCUT2D eigenvalue weighted by molar-refractivity contribution is -0.137. The molecule has 35 heavy (non-hydrogen) atoms. The summed E-state index contributed by atoms with van der Waals surface area (Å²) in [4.78, 5) is 54.9. The highest BCUT2D eigenvalue weighted by molar-refractivity contribution is 6.05. The average molecular weight is 469 g/mol. The summed E-state index contributed by atoms with van der Waals surface area (Å²) in [5.41, 5.74) is 4.82. The first-order valence-electron chi connectivity index (χ1n) is 11.6. The van der Waals surface area contributed by atoms with Crippen molar-refractivity contribution < 1.29 is 19.2 Å². The maximum Gasteiger partial charge on any atom is 0.255 e. The summed E-state index contributed by atoms with van der Waals surface area (Å²) in [6.07, 6.45) is 3.05. The van der Waals surface area contributed by atoms with Crippen LogP contribution in [0.15, 0.2) is 66.9 Å². The molecule has 2 aromatic carbocycles. The van der Waals surface area contributed by atoms with Crippen LogP contribution in [0.4, 0.5) is 5.69 Å². The van der Waals surface area contributed by atoms with Gasteiger partial charge in [-0.05, 0) is 54.3 Å². The van der Waals surface area contributed by atoms with Gasteiger partial charge in [-0.2, -0.15) is 0 Å². The predicted molar refractivity (Wildman–Crippen MR) is 129 cm³/mol. The Balaban J connectivity index is 1.18. The number of carbonyl (C=O) groups is 4.